The highest BCUT2D eigenvalue weighted by Gasteiger charge is 2.28. The van der Waals surface area contributed by atoms with E-state index < -0.39 is 11.8 Å². The fraction of sp³-hybridized carbons (Fsp3) is 0.323. The maximum atomic E-state index is 14.3. The number of halogens is 1. The molecule has 40 heavy (non-hydrogen) atoms. The Hall–Kier alpha value is -4.26. The molecule has 1 aromatic heterocycles. The third-order valence-electron chi connectivity index (χ3n) is 7.96. The Kier molecular flexibility index (Phi) is 6.96. The van der Waals surface area contributed by atoms with E-state index in [2.05, 4.69) is 22.5 Å². The molecule has 0 radical (unpaired) electrons. The fourth-order valence-electron chi connectivity index (χ4n) is 5.49. The summed E-state index contributed by atoms with van der Waals surface area (Å²) < 4.78 is 28.1. The minimum Gasteiger partial charge on any atom is -0.489 e. The van der Waals surface area contributed by atoms with Gasteiger partial charge < -0.3 is 19.1 Å². The molecule has 3 aromatic carbocycles. The molecule has 2 aliphatic heterocycles. The minimum absolute atomic E-state index is 0.0695. The van der Waals surface area contributed by atoms with Gasteiger partial charge in [0.05, 0.1) is 47.4 Å². The molecule has 0 amide bonds. The molecule has 6 rings (SSSR count). The Morgan fingerprint density at radius 2 is 2.08 bits per heavy atom. The first-order valence-electron chi connectivity index (χ1n) is 13.4. The third kappa shape index (κ3) is 5.04. The second-order valence-electron chi connectivity index (χ2n) is 10.4. The summed E-state index contributed by atoms with van der Waals surface area (Å²) in [6.45, 7) is 5.07. The normalized spacial score (nSPS) is 18.6. The largest absolute Gasteiger partial charge is 0.489 e. The Balaban J connectivity index is 1.23. The van der Waals surface area contributed by atoms with Crippen molar-refractivity contribution in [3.63, 3.8) is 0 Å². The Morgan fingerprint density at radius 3 is 2.80 bits per heavy atom. The fourth-order valence-corrected chi connectivity index (χ4v) is 5.49. The molecule has 8 nitrogen and oxygen atoms in total. The van der Waals surface area contributed by atoms with Crippen molar-refractivity contribution in [2.45, 2.75) is 51.6 Å². The molecule has 0 spiro atoms. The Labute approximate surface area is 231 Å². The Morgan fingerprint density at radius 1 is 1.23 bits per heavy atom. The van der Waals surface area contributed by atoms with Gasteiger partial charge in [0.25, 0.3) is 0 Å². The van der Waals surface area contributed by atoms with E-state index in [1.807, 2.05) is 18.2 Å². The molecular formula is C31H29FN4O4. The van der Waals surface area contributed by atoms with Gasteiger partial charge in [-0.15, -0.1) is 0 Å². The van der Waals surface area contributed by atoms with E-state index in [4.69, 9.17) is 19.7 Å². The number of aromatic carboxylic acids is 1. The van der Waals surface area contributed by atoms with Crippen LogP contribution in [-0.4, -0.2) is 44.8 Å². The zero-order valence-electron chi connectivity index (χ0n) is 22.1. The van der Waals surface area contributed by atoms with Crippen LogP contribution in [0.5, 0.6) is 5.75 Å². The molecule has 2 atom stereocenters. The van der Waals surface area contributed by atoms with Crippen molar-refractivity contribution in [2.75, 3.05) is 13.2 Å². The van der Waals surface area contributed by atoms with Crippen molar-refractivity contribution in [2.24, 2.45) is 0 Å². The van der Waals surface area contributed by atoms with Crippen molar-refractivity contribution >= 4 is 17.0 Å². The molecule has 1 unspecified atom stereocenters. The van der Waals surface area contributed by atoms with Gasteiger partial charge >= 0.3 is 5.97 Å². The van der Waals surface area contributed by atoms with E-state index in [0.29, 0.717) is 24.4 Å². The predicted octanol–water partition coefficient (Wildman–Crippen LogP) is 5.23. The molecule has 3 heterocycles. The zero-order chi connectivity index (χ0) is 27.8. The van der Waals surface area contributed by atoms with Crippen LogP contribution in [0.2, 0.25) is 0 Å². The smallest absolute Gasteiger partial charge is 0.335 e. The molecule has 9 heteroatoms. The molecule has 0 aliphatic carbocycles. The summed E-state index contributed by atoms with van der Waals surface area (Å²) >= 11 is 0. The summed E-state index contributed by atoms with van der Waals surface area (Å²) in [7, 11) is 0. The molecule has 1 N–H and O–H groups in total. The predicted molar refractivity (Wildman–Crippen MR) is 145 cm³/mol. The first-order valence-corrected chi connectivity index (χ1v) is 13.4. The van der Waals surface area contributed by atoms with E-state index in [1.165, 1.54) is 11.6 Å². The van der Waals surface area contributed by atoms with Gasteiger partial charge in [-0.3, -0.25) is 4.90 Å². The number of benzene rings is 3. The first-order chi connectivity index (χ1) is 19.4. The number of carboxylic acid groups (broad SMARTS) is 1. The van der Waals surface area contributed by atoms with Crippen molar-refractivity contribution in [1.29, 1.82) is 5.26 Å². The topological polar surface area (TPSA) is 101 Å². The lowest BCUT2D eigenvalue weighted by atomic mass is 9.93. The highest BCUT2D eigenvalue weighted by atomic mass is 19.1. The second-order valence-corrected chi connectivity index (χ2v) is 10.4. The number of rotatable bonds is 8. The highest BCUT2D eigenvalue weighted by Crippen LogP contribution is 2.34. The minimum atomic E-state index is -0.961. The third-order valence-corrected chi connectivity index (χ3v) is 7.96. The van der Waals surface area contributed by atoms with Crippen LogP contribution in [0.4, 0.5) is 4.39 Å². The first kappa shape index (κ1) is 26.0. The number of imidazole rings is 1. The van der Waals surface area contributed by atoms with Crippen molar-refractivity contribution in [3.8, 4) is 11.8 Å². The van der Waals surface area contributed by atoms with Crippen LogP contribution >= 0.6 is 0 Å². The van der Waals surface area contributed by atoms with Gasteiger partial charge in [0, 0.05) is 24.8 Å². The quantitative estimate of drug-likeness (QED) is 0.327. The molecule has 0 bridgehead atoms. The summed E-state index contributed by atoms with van der Waals surface area (Å²) in [4.78, 5) is 18.9. The van der Waals surface area contributed by atoms with Crippen LogP contribution in [0.1, 0.15) is 57.8 Å². The summed E-state index contributed by atoms with van der Waals surface area (Å²) in [5.74, 6) is 0.123. The molecule has 0 saturated carbocycles. The van der Waals surface area contributed by atoms with Gasteiger partial charge in [0.2, 0.25) is 0 Å². The number of nitrogens with zero attached hydrogens (tertiary/aromatic N) is 4. The molecule has 204 valence electrons. The lowest BCUT2D eigenvalue weighted by Gasteiger charge is -2.35. The SMILES string of the molecule is CC1c2cc(OCc3ccc(C#N)cc3F)ccc2CCN1Cc1nc2ccc(C(=O)O)cc2n1C[C@@H]1CCO1. The second kappa shape index (κ2) is 10.7. The number of hydrogen-bond donors (Lipinski definition) is 1. The van der Waals surface area contributed by atoms with Crippen molar-refractivity contribution in [3.05, 3.63) is 94.1 Å². The number of carbonyl (C=O) groups is 1. The van der Waals surface area contributed by atoms with E-state index in [1.54, 1.807) is 30.3 Å². The van der Waals surface area contributed by atoms with Crippen LogP contribution in [0.25, 0.3) is 11.0 Å². The number of fused-ring (bicyclic) bond motifs is 2. The lowest BCUT2D eigenvalue weighted by molar-refractivity contribution is -0.0592. The van der Waals surface area contributed by atoms with Gasteiger partial charge in [-0.05, 0) is 73.4 Å². The van der Waals surface area contributed by atoms with Crippen LogP contribution in [0.15, 0.2) is 54.6 Å². The monoisotopic (exact) mass is 540 g/mol. The summed E-state index contributed by atoms with van der Waals surface area (Å²) in [6, 6.07) is 17.5. The van der Waals surface area contributed by atoms with E-state index in [0.717, 1.165) is 48.4 Å². The van der Waals surface area contributed by atoms with Crippen molar-refractivity contribution < 1.29 is 23.8 Å². The number of ether oxygens (including phenoxy) is 2. The maximum absolute atomic E-state index is 14.3. The van der Waals surface area contributed by atoms with E-state index in [9.17, 15) is 14.3 Å². The lowest BCUT2D eigenvalue weighted by Crippen LogP contribution is -2.36. The van der Waals surface area contributed by atoms with Crippen LogP contribution in [0.3, 0.4) is 0 Å². The number of carboxylic acids is 1. The Bertz CT molecular complexity index is 1640. The van der Waals surface area contributed by atoms with Crippen LogP contribution < -0.4 is 4.74 Å². The molecule has 1 saturated heterocycles. The number of nitriles is 1. The van der Waals surface area contributed by atoms with Gasteiger partial charge in [0.1, 0.15) is 24.0 Å². The molecule has 2 aliphatic rings. The standard InChI is InChI=1S/C31H29FN4O4/c1-19-26-14-24(40-18-23-3-2-20(15-33)12-27(23)32)6-4-21(26)8-10-35(19)17-30-34-28-7-5-22(31(37)38)13-29(28)36(30)16-25-9-11-39-25/h2-7,12-14,19,25H,8-11,16-18H2,1H3,(H,37,38)/t19?,25-/m0/s1. The van der Waals surface area contributed by atoms with Crippen LogP contribution in [-0.2, 0) is 30.9 Å². The summed E-state index contributed by atoms with van der Waals surface area (Å²) in [5.41, 5.74) is 4.90. The van der Waals surface area contributed by atoms with Crippen LogP contribution in [0, 0.1) is 17.1 Å². The van der Waals surface area contributed by atoms with Gasteiger partial charge in [-0.25, -0.2) is 14.2 Å². The average Bonchev–Trinajstić information content (AvgIpc) is 3.27. The van der Waals surface area contributed by atoms with E-state index in [-0.39, 0.29) is 29.9 Å². The molecule has 4 aromatic rings. The summed E-state index contributed by atoms with van der Waals surface area (Å²) in [5, 5.41) is 18.5. The molecule has 1 fully saturated rings. The maximum Gasteiger partial charge on any atom is 0.335 e. The van der Waals surface area contributed by atoms with E-state index >= 15 is 0 Å². The average molecular weight is 541 g/mol. The highest BCUT2D eigenvalue weighted by molar-refractivity contribution is 5.92. The van der Waals surface area contributed by atoms with Crippen molar-refractivity contribution in [1.82, 2.24) is 14.5 Å². The number of hydrogen-bond acceptors (Lipinski definition) is 6. The van der Waals surface area contributed by atoms with Gasteiger partial charge in [-0.1, -0.05) is 12.1 Å². The summed E-state index contributed by atoms with van der Waals surface area (Å²) in [6.07, 6.45) is 1.95. The number of aromatic nitrogens is 2. The van der Waals surface area contributed by atoms with Gasteiger partial charge in [-0.2, -0.15) is 5.26 Å². The molecular weight excluding hydrogens is 511 g/mol. The van der Waals surface area contributed by atoms with Gasteiger partial charge in [0.15, 0.2) is 0 Å². The zero-order valence-corrected chi connectivity index (χ0v) is 22.1.